The van der Waals surface area contributed by atoms with Gasteiger partial charge in [-0.1, -0.05) is 6.07 Å². The molecule has 1 aromatic rings. The zero-order chi connectivity index (χ0) is 10.7. The molecule has 0 spiro atoms. The summed E-state index contributed by atoms with van der Waals surface area (Å²) >= 11 is 0. The second-order valence-electron chi connectivity index (χ2n) is 3.63. The van der Waals surface area contributed by atoms with Crippen LogP contribution in [-0.4, -0.2) is 17.1 Å². The Hall–Kier alpha value is -1.62. The van der Waals surface area contributed by atoms with Crippen LogP contribution in [0.15, 0.2) is 18.3 Å². The fraction of sp³-hybridized carbons (Fsp3) is 0.400. The number of rotatable bonds is 3. The molecule has 2 rings (SSSR count). The second-order valence-corrected chi connectivity index (χ2v) is 3.63. The molecule has 1 heterocycles. The highest BCUT2D eigenvalue weighted by molar-refractivity contribution is 5.88. The van der Waals surface area contributed by atoms with Crippen molar-refractivity contribution < 1.29 is 4.79 Å². The van der Waals surface area contributed by atoms with Gasteiger partial charge in [-0.3, -0.25) is 5.32 Å². The smallest absolute Gasteiger partial charge is 0.320 e. The highest BCUT2D eigenvalue weighted by atomic mass is 16.2. The van der Waals surface area contributed by atoms with Gasteiger partial charge in [-0.15, -0.1) is 0 Å². The van der Waals surface area contributed by atoms with Gasteiger partial charge in [0.15, 0.2) is 0 Å². The summed E-state index contributed by atoms with van der Waals surface area (Å²) in [6.07, 6.45) is 3.81. The van der Waals surface area contributed by atoms with Crippen molar-refractivity contribution in [2.45, 2.75) is 25.4 Å². The van der Waals surface area contributed by atoms with Crippen LogP contribution in [0.2, 0.25) is 0 Å². The molecule has 15 heavy (non-hydrogen) atoms. The average Bonchev–Trinajstić information content (AvgIpc) is 3.03. The Bertz CT molecular complexity index is 345. The molecule has 1 aliphatic carbocycles. The Labute approximate surface area is 88.1 Å². The second kappa shape index (κ2) is 4.27. The first kappa shape index (κ1) is 9.92. The molecule has 1 aliphatic rings. The Balaban J connectivity index is 1.88. The maximum atomic E-state index is 11.3. The first-order chi connectivity index (χ1) is 7.28. The van der Waals surface area contributed by atoms with Gasteiger partial charge >= 0.3 is 6.03 Å². The SMILES string of the molecule is NCc1ccc(NC(=O)NC2CC2)nc1. The summed E-state index contributed by atoms with van der Waals surface area (Å²) in [4.78, 5) is 15.4. The Morgan fingerprint density at radius 3 is 2.87 bits per heavy atom. The van der Waals surface area contributed by atoms with Gasteiger partial charge in [0, 0.05) is 18.8 Å². The van der Waals surface area contributed by atoms with E-state index in [1.165, 1.54) is 0 Å². The third-order valence-electron chi connectivity index (χ3n) is 2.21. The molecule has 5 nitrogen and oxygen atoms in total. The minimum Gasteiger partial charge on any atom is -0.335 e. The Kier molecular flexibility index (Phi) is 2.82. The summed E-state index contributed by atoms with van der Waals surface area (Å²) in [6, 6.07) is 3.76. The van der Waals surface area contributed by atoms with Crippen molar-refractivity contribution in [3.63, 3.8) is 0 Å². The van der Waals surface area contributed by atoms with E-state index in [0.717, 1.165) is 18.4 Å². The number of hydrogen-bond acceptors (Lipinski definition) is 3. The molecule has 1 fully saturated rings. The van der Waals surface area contributed by atoms with E-state index in [1.54, 1.807) is 12.3 Å². The molecular weight excluding hydrogens is 192 g/mol. The number of nitrogens with two attached hydrogens (primary N) is 1. The number of hydrogen-bond donors (Lipinski definition) is 3. The average molecular weight is 206 g/mol. The van der Waals surface area contributed by atoms with Crippen LogP contribution >= 0.6 is 0 Å². The number of urea groups is 1. The molecule has 4 N–H and O–H groups in total. The predicted molar refractivity (Wildman–Crippen MR) is 57.3 cm³/mol. The fourth-order valence-electron chi connectivity index (χ4n) is 1.18. The zero-order valence-corrected chi connectivity index (χ0v) is 8.36. The summed E-state index contributed by atoms with van der Waals surface area (Å²) in [6.45, 7) is 0.460. The molecule has 0 aromatic carbocycles. The summed E-state index contributed by atoms with van der Waals surface area (Å²) in [5.41, 5.74) is 6.38. The topological polar surface area (TPSA) is 80.0 Å². The van der Waals surface area contributed by atoms with Gasteiger partial charge < -0.3 is 11.1 Å². The lowest BCUT2D eigenvalue weighted by molar-refractivity contribution is 0.251. The van der Waals surface area contributed by atoms with E-state index >= 15 is 0 Å². The van der Waals surface area contributed by atoms with Crippen LogP contribution in [0, 0.1) is 0 Å². The minimum absolute atomic E-state index is 0.189. The first-order valence-electron chi connectivity index (χ1n) is 5.00. The summed E-state index contributed by atoms with van der Waals surface area (Å²) in [5.74, 6) is 0.547. The maximum absolute atomic E-state index is 11.3. The number of nitrogens with zero attached hydrogens (tertiary/aromatic N) is 1. The van der Waals surface area contributed by atoms with Crippen LogP contribution in [0.1, 0.15) is 18.4 Å². The number of anilines is 1. The molecule has 1 aromatic heterocycles. The predicted octanol–water partition coefficient (Wildman–Crippen LogP) is 0.824. The largest absolute Gasteiger partial charge is 0.335 e. The lowest BCUT2D eigenvalue weighted by Crippen LogP contribution is -2.30. The molecular formula is C10H14N4O. The van der Waals surface area contributed by atoms with Crippen molar-refractivity contribution in [1.29, 1.82) is 0 Å². The third kappa shape index (κ3) is 2.92. The molecule has 0 saturated heterocycles. The molecule has 0 radical (unpaired) electrons. The van der Waals surface area contributed by atoms with E-state index in [4.69, 9.17) is 5.73 Å². The van der Waals surface area contributed by atoms with Crippen molar-refractivity contribution in [1.82, 2.24) is 10.3 Å². The molecule has 5 heteroatoms. The molecule has 0 unspecified atom stereocenters. The van der Waals surface area contributed by atoms with E-state index in [0.29, 0.717) is 18.4 Å². The molecule has 0 bridgehead atoms. The highest BCUT2D eigenvalue weighted by Crippen LogP contribution is 2.18. The van der Waals surface area contributed by atoms with Gasteiger partial charge in [0.05, 0.1) is 0 Å². The van der Waals surface area contributed by atoms with Crippen LogP contribution in [0.25, 0.3) is 0 Å². The minimum atomic E-state index is -0.189. The molecule has 1 saturated carbocycles. The number of carbonyl (C=O) groups is 1. The van der Waals surface area contributed by atoms with Gasteiger partial charge in [0.2, 0.25) is 0 Å². The van der Waals surface area contributed by atoms with E-state index in [1.807, 2.05) is 6.07 Å². The molecule has 0 atom stereocenters. The molecule has 0 aliphatic heterocycles. The number of nitrogens with one attached hydrogen (secondary N) is 2. The van der Waals surface area contributed by atoms with Crippen LogP contribution < -0.4 is 16.4 Å². The van der Waals surface area contributed by atoms with Crippen molar-refractivity contribution in [3.8, 4) is 0 Å². The van der Waals surface area contributed by atoms with Crippen molar-refractivity contribution in [3.05, 3.63) is 23.9 Å². The quantitative estimate of drug-likeness (QED) is 0.685. The zero-order valence-electron chi connectivity index (χ0n) is 8.36. The van der Waals surface area contributed by atoms with Gasteiger partial charge in [-0.2, -0.15) is 0 Å². The maximum Gasteiger partial charge on any atom is 0.320 e. The van der Waals surface area contributed by atoms with Crippen molar-refractivity contribution in [2.24, 2.45) is 5.73 Å². The Morgan fingerprint density at radius 2 is 2.33 bits per heavy atom. The van der Waals surface area contributed by atoms with Crippen LogP contribution in [-0.2, 0) is 6.54 Å². The van der Waals surface area contributed by atoms with Crippen molar-refractivity contribution in [2.75, 3.05) is 5.32 Å². The van der Waals surface area contributed by atoms with Gasteiger partial charge in [-0.25, -0.2) is 9.78 Å². The Morgan fingerprint density at radius 1 is 1.53 bits per heavy atom. The first-order valence-corrected chi connectivity index (χ1v) is 5.00. The molecule has 2 amide bonds. The number of amides is 2. The normalized spacial score (nSPS) is 14.7. The summed E-state index contributed by atoms with van der Waals surface area (Å²) in [5, 5.41) is 5.48. The summed E-state index contributed by atoms with van der Waals surface area (Å²) < 4.78 is 0. The molecule has 80 valence electrons. The lowest BCUT2D eigenvalue weighted by Gasteiger charge is -2.05. The van der Waals surface area contributed by atoms with Crippen LogP contribution in [0.4, 0.5) is 10.6 Å². The van der Waals surface area contributed by atoms with Gasteiger partial charge in [0.1, 0.15) is 5.82 Å². The van der Waals surface area contributed by atoms with Crippen LogP contribution in [0.3, 0.4) is 0 Å². The van der Waals surface area contributed by atoms with E-state index in [-0.39, 0.29) is 6.03 Å². The van der Waals surface area contributed by atoms with Crippen LogP contribution in [0.5, 0.6) is 0 Å². The number of pyridine rings is 1. The number of aromatic nitrogens is 1. The van der Waals surface area contributed by atoms with Crippen molar-refractivity contribution >= 4 is 11.8 Å². The van der Waals surface area contributed by atoms with E-state index in [9.17, 15) is 4.79 Å². The summed E-state index contributed by atoms with van der Waals surface area (Å²) in [7, 11) is 0. The van der Waals surface area contributed by atoms with Gasteiger partial charge in [0.25, 0.3) is 0 Å². The standard InChI is InChI=1S/C10H14N4O/c11-5-7-1-4-9(12-6-7)14-10(15)13-8-2-3-8/h1,4,6,8H,2-3,5,11H2,(H2,12,13,14,15). The lowest BCUT2D eigenvalue weighted by atomic mass is 10.3. The highest BCUT2D eigenvalue weighted by Gasteiger charge is 2.23. The third-order valence-corrected chi connectivity index (χ3v) is 2.21. The van der Waals surface area contributed by atoms with E-state index < -0.39 is 0 Å². The number of carbonyl (C=O) groups excluding carboxylic acids is 1. The monoisotopic (exact) mass is 206 g/mol. The fourth-order valence-corrected chi connectivity index (χ4v) is 1.18. The van der Waals surface area contributed by atoms with Gasteiger partial charge in [-0.05, 0) is 24.5 Å². The van der Waals surface area contributed by atoms with E-state index in [2.05, 4.69) is 15.6 Å².